The maximum Gasteiger partial charge on any atom is 0.0763 e. The fraction of sp³-hybridized carbons (Fsp3) is 1.00. The first-order chi connectivity index (χ1) is 5.74. The molecule has 0 aromatic carbocycles. The van der Waals surface area contributed by atoms with Crippen molar-refractivity contribution in [3.05, 3.63) is 0 Å². The molecule has 4 nitrogen and oxygen atoms in total. The molecule has 0 amide bonds. The fourth-order valence-electron chi connectivity index (χ4n) is 0.924. The zero-order chi connectivity index (χ0) is 9.40. The highest BCUT2D eigenvalue weighted by Gasteiger charge is 2.08. The quantitative estimate of drug-likeness (QED) is 0.502. The molecule has 0 aliphatic heterocycles. The van der Waals surface area contributed by atoms with Crippen molar-refractivity contribution in [2.24, 2.45) is 0 Å². The summed E-state index contributed by atoms with van der Waals surface area (Å²) in [5, 5.41) is 27.0. The van der Waals surface area contributed by atoms with E-state index in [4.69, 9.17) is 10.2 Å². The van der Waals surface area contributed by atoms with Gasteiger partial charge in [-0.2, -0.15) is 0 Å². The summed E-state index contributed by atoms with van der Waals surface area (Å²) in [4.78, 5) is 1.81. The van der Waals surface area contributed by atoms with Gasteiger partial charge >= 0.3 is 0 Å². The lowest BCUT2D eigenvalue weighted by atomic mass is 10.3. The lowest BCUT2D eigenvalue weighted by Gasteiger charge is -2.22. The van der Waals surface area contributed by atoms with Gasteiger partial charge < -0.3 is 15.3 Å². The molecule has 0 aromatic rings. The minimum atomic E-state index is -0.442. The van der Waals surface area contributed by atoms with Gasteiger partial charge in [-0.25, -0.2) is 0 Å². The van der Waals surface area contributed by atoms with Crippen molar-refractivity contribution in [2.75, 3.05) is 38.2 Å². The van der Waals surface area contributed by atoms with Crippen LogP contribution in [0.5, 0.6) is 0 Å². The van der Waals surface area contributed by atoms with E-state index in [-0.39, 0.29) is 13.2 Å². The lowest BCUT2D eigenvalue weighted by Crippen LogP contribution is -2.37. The number of nitrogens with zero attached hydrogens (tertiary/aromatic N) is 1. The van der Waals surface area contributed by atoms with Crippen LogP contribution < -0.4 is 0 Å². The van der Waals surface area contributed by atoms with Crippen molar-refractivity contribution in [2.45, 2.75) is 6.10 Å². The first-order valence-electron chi connectivity index (χ1n) is 3.92. The molecule has 0 fully saturated rings. The minimum absolute atomic E-state index is 0.0506. The molecule has 0 saturated heterocycles. The van der Waals surface area contributed by atoms with Crippen LogP contribution in [0.25, 0.3) is 0 Å². The first-order valence-corrected chi connectivity index (χ1v) is 5.04. The first kappa shape index (κ1) is 12.3. The molecule has 0 heterocycles. The summed E-state index contributed by atoms with van der Waals surface area (Å²) in [6.45, 7) is 1.56. The Labute approximate surface area is 80.9 Å². The van der Waals surface area contributed by atoms with Gasteiger partial charge in [-0.1, -0.05) is 15.9 Å². The lowest BCUT2D eigenvalue weighted by molar-refractivity contribution is 0.100. The van der Waals surface area contributed by atoms with E-state index in [1.165, 1.54) is 0 Å². The Balaban J connectivity index is 3.61. The molecule has 0 aromatic heterocycles. The summed E-state index contributed by atoms with van der Waals surface area (Å²) < 4.78 is 0. The van der Waals surface area contributed by atoms with Gasteiger partial charge in [0.25, 0.3) is 0 Å². The van der Waals surface area contributed by atoms with Gasteiger partial charge in [0.15, 0.2) is 0 Å². The molecule has 12 heavy (non-hydrogen) atoms. The molecule has 0 aliphatic carbocycles. The van der Waals surface area contributed by atoms with Crippen molar-refractivity contribution in [1.82, 2.24) is 4.90 Å². The number of hydrogen-bond donors (Lipinski definition) is 3. The highest BCUT2D eigenvalue weighted by Crippen LogP contribution is 1.95. The van der Waals surface area contributed by atoms with Crippen LogP contribution in [0.4, 0.5) is 0 Å². The second kappa shape index (κ2) is 7.94. The zero-order valence-corrected chi connectivity index (χ0v) is 8.57. The van der Waals surface area contributed by atoms with Gasteiger partial charge in [0.05, 0.1) is 19.3 Å². The predicted molar refractivity (Wildman–Crippen MR) is 50.4 cm³/mol. The van der Waals surface area contributed by atoms with Gasteiger partial charge in [0.1, 0.15) is 0 Å². The molecule has 1 unspecified atom stereocenters. The second-order valence-corrected chi connectivity index (χ2v) is 3.20. The Morgan fingerprint density at radius 1 is 1.17 bits per heavy atom. The van der Waals surface area contributed by atoms with E-state index < -0.39 is 6.10 Å². The SMILES string of the molecule is OCCN(CCO)CC(O)CBr. The van der Waals surface area contributed by atoms with E-state index in [1.807, 2.05) is 4.90 Å². The number of alkyl halides is 1. The average Bonchev–Trinajstić information content (AvgIpc) is 2.05. The van der Waals surface area contributed by atoms with Crippen LogP contribution in [0.2, 0.25) is 0 Å². The van der Waals surface area contributed by atoms with Crippen molar-refractivity contribution in [3.8, 4) is 0 Å². The van der Waals surface area contributed by atoms with Crippen LogP contribution in [0, 0.1) is 0 Å². The normalized spacial score (nSPS) is 13.8. The molecular weight excluding hydrogens is 226 g/mol. The Bertz CT molecular complexity index is 98.7. The number of aliphatic hydroxyl groups is 3. The van der Waals surface area contributed by atoms with E-state index in [2.05, 4.69) is 15.9 Å². The van der Waals surface area contributed by atoms with Crippen LogP contribution in [-0.4, -0.2) is 64.5 Å². The van der Waals surface area contributed by atoms with Crippen LogP contribution in [0.15, 0.2) is 0 Å². The van der Waals surface area contributed by atoms with Crippen molar-refractivity contribution in [3.63, 3.8) is 0 Å². The Morgan fingerprint density at radius 3 is 2.00 bits per heavy atom. The largest absolute Gasteiger partial charge is 0.395 e. The number of rotatable bonds is 7. The zero-order valence-electron chi connectivity index (χ0n) is 6.99. The third kappa shape index (κ3) is 5.91. The number of halogens is 1. The van der Waals surface area contributed by atoms with E-state index >= 15 is 0 Å². The van der Waals surface area contributed by atoms with Crippen LogP contribution in [0.1, 0.15) is 0 Å². The van der Waals surface area contributed by atoms with E-state index in [9.17, 15) is 5.11 Å². The summed E-state index contributed by atoms with van der Waals surface area (Å²) in [7, 11) is 0. The topological polar surface area (TPSA) is 63.9 Å². The van der Waals surface area contributed by atoms with Gasteiger partial charge in [-0.05, 0) is 0 Å². The van der Waals surface area contributed by atoms with Crippen molar-refractivity contribution >= 4 is 15.9 Å². The summed E-state index contributed by atoms with van der Waals surface area (Å²) in [6.07, 6.45) is -0.442. The summed E-state index contributed by atoms with van der Waals surface area (Å²) >= 11 is 3.14. The number of hydrogen-bond acceptors (Lipinski definition) is 4. The third-order valence-corrected chi connectivity index (χ3v) is 2.23. The maximum absolute atomic E-state index is 9.23. The van der Waals surface area contributed by atoms with Gasteiger partial charge in [0.2, 0.25) is 0 Å². The van der Waals surface area contributed by atoms with Gasteiger partial charge in [-0.3, -0.25) is 4.90 Å². The molecule has 0 aliphatic rings. The monoisotopic (exact) mass is 241 g/mol. The molecule has 0 radical (unpaired) electrons. The second-order valence-electron chi connectivity index (χ2n) is 2.56. The fourth-order valence-corrected chi connectivity index (χ4v) is 1.13. The van der Waals surface area contributed by atoms with Crippen LogP contribution in [-0.2, 0) is 0 Å². The molecule has 0 bridgehead atoms. The standard InChI is InChI=1S/C7H16BrNO3/c8-5-7(12)6-9(1-3-10)2-4-11/h7,10-12H,1-6H2. The molecule has 1 atom stereocenters. The Kier molecular flexibility index (Phi) is 8.15. The van der Waals surface area contributed by atoms with Crippen LogP contribution in [0.3, 0.4) is 0 Å². The molecular formula is C7H16BrNO3. The molecule has 0 rings (SSSR count). The summed E-state index contributed by atoms with van der Waals surface area (Å²) in [5.74, 6) is 0. The Hall–Kier alpha value is 0.320. The van der Waals surface area contributed by atoms with Gasteiger partial charge in [-0.15, -0.1) is 0 Å². The molecule has 0 spiro atoms. The van der Waals surface area contributed by atoms with E-state index in [0.717, 1.165) is 0 Å². The molecule has 3 N–H and O–H groups in total. The highest BCUT2D eigenvalue weighted by molar-refractivity contribution is 9.09. The average molecular weight is 242 g/mol. The maximum atomic E-state index is 9.23. The van der Waals surface area contributed by atoms with Crippen molar-refractivity contribution in [1.29, 1.82) is 0 Å². The molecule has 74 valence electrons. The summed E-state index contributed by atoms with van der Waals surface area (Å²) in [6, 6.07) is 0. The van der Waals surface area contributed by atoms with E-state index in [0.29, 0.717) is 25.0 Å². The van der Waals surface area contributed by atoms with Crippen LogP contribution >= 0.6 is 15.9 Å². The van der Waals surface area contributed by atoms with Gasteiger partial charge in [0, 0.05) is 25.0 Å². The Morgan fingerprint density at radius 2 is 1.67 bits per heavy atom. The minimum Gasteiger partial charge on any atom is -0.395 e. The highest BCUT2D eigenvalue weighted by atomic mass is 79.9. The van der Waals surface area contributed by atoms with E-state index in [1.54, 1.807) is 0 Å². The molecule has 0 saturated carbocycles. The smallest absolute Gasteiger partial charge is 0.0763 e. The molecule has 5 heteroatoms. The number of aliphatic hydroxyl groups excluding tert-OH is 3. The predicted octanol–water partition coefficient (Wildman–Crippen LogP) is -0.971. The van der Waals surface area contributed by atoms with Crippen molar-refractivity contribution < 1.29 is 15.3 Å². The third-order valence-electron chi connectivity index (χ3n) is 1.48. The summed E-state index contributed by atoms with van der Waals surface area (Å²) in [5.41, 5.74) is 0.